The van der Waals surface area contributed by atoms with Gasteiger partial charge in [0.05, 0.1) is 22.8 Å². The van der Waals surface area contributed by atoms with Crippen molar-refractivity contribution in [3.63, 3.8) is 0 Å². The summed E-state index contributed by atoms with van der Waals surface area (Å²) < 4.78 is 31.2. The highest BCUT2D eigenvalue weighted by atomic mass is 19.3. The van der Waals surface area contributed by atoms with Crippen LogP contribution < -0.4 is 16.2 Å². The van der Waals surface area contributed by atoms with Crippen molar-refractivity contribution < 1.29 is 23.2 Å². The number of piperidine rings is 1. The van der Waals surface area contributed by atoms with Gasteiger partial charge in [-0.15, -0.1) is 5.10 Å². The summed E-state index contributed by atoms with van der Waals surface area (Å²) in [6.07, 6.45) is 2.02. The minimum Gasteiger partial charge on any atom is -0.320 e. The molecule has 1 aliphatic rings. The van der Waals surface area contributed by atoms with Crippen LogP contribution >= 0.6 is 0 Å². The molecule has 3 amide bonds. The van der Waals surface area contributed by atoms with Gasteiger partial charge < -0.3 is 5.32 Å². The van der Waals surface area contributed by atoms with Crippen molar-refractivity contribution in [1.82, 2.24) is 29.9 Å². The third kappa shape index (κ3) is 4.33. The van der Waals surface area contributed by atoms with Gasteiger partial charge in [0, 0.05) is 25.6 Å². The first-order valence-corrected chi connectivity index (χ1v) is 10.1. The molecule has 2 N–H and O–H groups in total. The number of carbonyl (C=O) groups is 3. The minimum atomic E-state index is -3.76. The number of anilines is 1. The SMILES string of the molecule is Cc1nc2cccc(NC(=O)C(F)(F)CCn3ccnn3)c2c(=O)n1C1CCC(=O)NC1=O. The van der Waals surface area contributed by atoms with Gasteiger partial charge >= 0.3 is 5.92 Å². The van der Waals surface area contributed by atoms with Gasteiger partial charge in [0.15, 0.2) is 0 Å². The average Bonchev–Trinajstić information content (AvgIpc) is 3.27. The lowest BCUT2D eigenvalue weighted by Gasteiger charge is -2.25. The summed E-state index contributed by atoms with van der Waals surface area (Å²) in [4.78, 5) is 53.7. The molecule has 0 saturated carbocycles. The van der Waals surface area contributed by atoms with E-state index in [0.29, 0.717) is 0 Å². The topological polar surface area (TPSA) is 141 Å². The van der Waals surface area contributed by atoms with Gasteiger partial charge in [0.25, 0.3) is 11.5 Å². The third-order valence-corrected chi connectivity index (χ3v) is 5.34. The Balaban J connectivity index is 1.67. The Morgan fingerprint density at radius 3 is 2.79 bits per heavy atom. The Bertz CT molecular complexity index is 1300. The Morgan fingerprint density at radius 1 is 1.30 bits per heavy atom. The molecule has 11 nitrogen and oxygen atoms in total. The quantitative estimate of drug-likeness (QED) is 0.523. The van der Waals surface area contributed by atoms with Crippen molar-refractivity contribution in [1.29, 1.82) is 0 Å². The smallest absolute Gasteiger partial charge is 0.320 e. The van der Waals surface area contributed by atoms with Gasteiger partial charge in [0.2, 0.25) is 11.8 Å². The monoisotopic (exact) mass is 459 g/mol. The van der Waals surface area contributed by atoms with E-state index < -0.39 is 41.7 Å². The van der Waals surface area contributed by atoms with E-state index in [-0.39, 0.29) is 41.8 Å². The van der Waals surface area contributed by atoms with E-state index >= 15 is 0 Å². The molecule has 1 atom stereocenters. The predicted molar refractivity (Wildman–Crippen MR) is 110 cm³/mol. The number of hydrogen-bond acceptors (Lipinski definition) is 7. The number of alkyl halides is 2. The molecule has 1 aromatic carbocycles. The maximum Gasteiger partial charge on any atom is 0.326 e. The van der Waals surface area contributed by atoms with Crippen LogP contribution in [0.2, 0.25) is 0 Å². The lowest BCUT2D eigenvalue weighted by molar-refractivity contribution is -0.141. The van der Waals surface area contributed by atoms with E-state index in [0.717, 1.165) is 4.57 Å². The van der Waals surface area contributed by atoms with Crippen LogP contribution in [-0.2, 0) is 20.9 Å². The second-order valence-corrected chi connectivity index (χ2v) is 7.58. The molecule has 1 saturated heterocycles. The van der Waals surface area contributed by atoms with Gasteiger partial charge in [0.1, 0.15) is 11.9 Å². The number of fused-ring (bicyclic) bond motifs is 1. The fourth-order valence-corrected chi connectivity index (χ4v) is 3.69. The summed E-state index contributed by atoms with van der Waals surface area (Å²) >= 11 is 0. The summed E-state index contributed by atoms with van der Waals surface area (Å²) in [7, 11) is 0. The number of carbonyl (C=O) groups excluding carboxylic acids is 3. The molecule has 1 unspecified atom stereocenters. The van der Waals surface area contributed by atoms with E-state index in [2.05, 4.69) is 25.9 Å². The summed E-state index contributed by atoms with van der Waals surface area (Å²) in [5, 5.41) is 11.3. The summed E-state index contributed by atoms with van der Waals surface area (Å²) in [6, 6.07) is 3.28. The molecular formula is C20H19F2N7O4. The van der Waals surface area contributed by atoms with Crippen LogP contribution in [0.25, 0.3) is 10.9 Å². The highest BCUT2D eigenvalue weighted by Crippen LogP contribution is 2.26. The molecule has 0 bridgehead atoms. The van der Waals surface area contributed by atoms with Gasteiger partial charge in [-0.05, 0) is 25.5 Å². The maximum atomic E-state index is 14.5. The number of halogens is 2. The number of imide groups is 1. The molecule has 3 aromatic rings. The average molecular weight is 459 g/mol. The first-order chi connectivity index (χ1) is 15.7. The van der Waals surface area contributed by atoms with Crippen molar-refractivity contribution in [3.8, 4) is 0 Å². The number of nitrogens with one attached hydrogen (secondary N) is 2. The van der Waals surface area contributed by atoms with E-state index in [9.17, 15) is 28.0 Å². The van der Waals surface area contributed by atoms with Gasteiger partial charge in [-0.25, -0.2) is 4.98 Å². The van der Waals surface area contributed by atoms with Crippen molar-refractivity contribution in [3.05, 3.63) is 46.8 Å². The zero-order valence-corrected chi connectivity index (χ0v) is 17.4. The van der Waals surface area contributed by atoms with E-state index in [1.54, 1.807) is 0 Å². The second-order valence-electron chi connectivity index (χ2n) is 7.58. The molecule has 0 spiro atoms. The molecule has 13 heteroatoms. The highest BCUT2D eigenvalue weighted by Gasteiger charge is 2.39. The van der Waals surface area contributed by atoms with Crippen LogP contribution in [0.1, 0.15) is 31.1 Å². The fourth-order valence-electron chi connectivity index (χ4n) is 3.69. The van der Waals surface area contributed by atoms with Crippen molar-refractivity contribution in [2.24, 2.45) is 0 Å². The summed E-state index contributed by atoms with van der Waals surface area (Å²) in [5.41, 5.74) is -0.671. The molecule has 4 rings (SSSR count). The zero-order chi connectivity index (χ0) is 23.8. The maximum absolute atomic E-state index is 14.5. The molecule has 1 fully saturated rings. The van der Waals surface area contributed by atoms with Crippen molar-refractivity contribution >= 4 is 34.3 Å². The van der Waals surface area contributed by atoms with Crippen LogP contribution in [0.4, 0.5) is 14.5 Å². The van der Waals surface area contributed by atoms with Gasteiger partial charge in [-0.3, -0.25) is 33.7 Å². The normalized spacial score (nSPS) is 16.6. The Morgan fingerprint density at radius 2 is 2.09 bits per heavy atom. The standard InChI is InChI=1S/C20H19F2N7O4/c1-11-24-12-3-2-4-13(25-19(33)20(21,22)7-9-28-10-8-23-27-28)16(12)18(32)29(11)14-5-6-15(30)26-17(14)31/h2-4,8,10,14H,5-7,9H2,1H3,(H,25,33)(H,26,30,31). The number of benzene rings is 1. The Labute approximate surface area is 184 Å². The van der Waals surface area contributed by atoms with E-state index in [1.807, 2.05) is 0 Å². The fraction of sp³-hybridized carbons (Fsp3) is 0.350. The van der Waals surface area contributed by atoms with Crippen molar-refractivity contribution in [2.75, 3.05) is 5.32 Å². The predicted octanol–water partition coefficient (Wildman–Crippen LogP) is 0.938. The molecule has 3 heterocycles. The van der Waals surface area contributed by atoms with Crippen LogP contribution in [-0.4, -0.2) is 48.2 Å². The highest BCUT2D eigenvalue weighted by molar-refractivity contribution is 6.03. The van der Waals surface area contributed by atoms with Gasteiger partial charge in [-0.1, -0.05) is 11.3 Å². The van der Waals surface area contributed by atoms with Crippen LogP contribution in [0.3, 0.4) is 0 Å². The van der Waals surface area contributed by atoms with Crippen LogP contribution in [0.15, 0.2) is 35.4 Å². The Kier molecular flexibility index (Phi) is 5.70. The van der Waals surface area contributed by atoms with E-state index in [4.69, 9.17) is 0 Å². The molecule has 33 heavy (non-hydrogen) atoms. The number of aromatic nitrogens is 5. The van der Waals surface area contributed by atoms with Crippen molar-refractivity contribution in [2.45, 2.75) is 44.7 Å². The number of rotatable bonds is 6. The first kappa shape index (κ1) is 22.2. The molecular weight excluding hydrogens is 440 g/mol. The van der Waals surface area contributed by atoms with Crippen LogP contribution in [0.5, 0.6) is 0 Å². The zero-order valence-electron chi connectivity index (χ0n) is 17.4. The lowest BCUT2D eigenvalue weighted by atomic mass is 10.1. The lowest BCUT2D eigenvalue weighted by Crippen LogP contribution is -2.45. The van der Waals surface area contributed by atoms with Gasteiger partial charge in [-0.2, -0.15) is 8.78 Å². The summed E-state index contributed by atoms with van der Waals surface area (Å²) in [5.74, 6) is -6.24. The minimum absolute atomic E-state index is 0.0384. The third-order valence-electron chi connectivity index (χ3n) is 5.34. The summed E-state index contributed by atoms with van der Waals surface area (Å²) in [6.45, 7) is 1.28. The largest absolute Gasteiger partial charge is 0.326 e. The number of nitrogens with zero attached hydrogens (tertiary/aromatic N) is 5. The molecule has 0 radical (unpaired) electrons. The Hall–Kier alpha value is -4.03. The molecule has 0 aliphatic carbocycles. The molecule has 2 aromatic heterocycles. The van der Waals surface area contributed by atoms with Crippen LogP contribution in [0, 0.1) is 6.92 Å². The second kappa shape index (κ2) is 8.48. The molecule has 172 valence electrons. The number of hydrogen-bond donors (Lipinski definition) is 2. The first-order valence-electron chi connectivity index (χ1n) is 10.1. The van der Waals surface area contributed by atoms with E-state index in [1.165, 1.54) is 42.2 Å². The molecule has 1 aliphatic heterocycles. The number of aryl methyl sites for hydroxylation is 2. The number of amides is 3.